The molecule has 1 aliphatic heterocycles. The van der Waals surface area contributed by atoms with Crippen molar-refractivity contribution in [3.05, 3.63) is 40.7 Å². The van der Waals surface area contributed by atoms with E-state index in [0.717, 1.165) is 31.8 Å². The predicted octanol–water partition coefficient (Wildman–Crippen LogP) is 2.99. The molecule has 2 N–H and O–H groups in total. The van der Waals surface area contributed by atoms with Gasteiger partial charge in [-0.15, -0.1) is 11.3 Å². The van der Waals surface area contributed by atoms with Gasteiger partial charge in [0.25, 0.3) is 5.91 Å². The highest BCUT2D eigenvalue weighted by Gasteiger charge is 2.15. The van der Waals surface area contributed by atoms with Gasteiger partial charge in [-0.1, -0.05) is 6.07 Å². The topological polar surface area (TPSA) is 63.2 Å². The zero-order valence-corrected chi connectivity index (χ0v) is 12.4. The van der Waals surface area contributed by atoms with E-state index in [1.165, 1.54) is 11.3 Å². The van der Waals surface area contributed by atoms with Gasteiger partial charge in [-0.2, -0.15) is 0 Å². The van der Waals surface area contributed by atoms with Crippen LogP contribution in [0.15, 0.2) is 35.8 Å². The van der Waals surface area contributed by atoms with E-state index in [1.54, 1.807) is 12.3 Å². The Morgan fingerprint density at radius 2 is 2.38 bits per heavy atom. The lowest BCUT2D eigenvalue weighted by Gasteiger charge is -2.11. The highest BCUT2D eigenvalue weighted by molar-refractivity contribution is 7.12. The number of nitrogens with zero attached hydrogens (tertiary/aromatic N) is 1. The molecule has 0 spiro atoms. The number of thiophene rings is 1. The number of carbonyl (C=O) groups excluding carboxylic acids is 1. The molecular weight excluding hydrogens is 286 g/mol. The molecule has 2 aromatic rings. The second kappa shape index (κ2) is 6.69. The minimum atomic E-state index is -0.105. The number of hydrogen-bond donors (Lipinski definition) is 2. The molecule has 21 heavy (non-hydrogen) atoms. The largest absolute Gasteiger partial charge is 0.376 e. The molecule has 1 unspecified atom stereocenters. The van der Waals surface area contributed by atoms with Crippen LogP contribution < -0.4 is 10.6 Å². The third kappa shape index (κ3) is 3.80. The van der Waals surface area contributed by atoms with Crippen molar-refractivity contribution in [2.45, 2.75) is 18.9 Å². The molecule has 1 amide bonds. The van der Waals surface area contributed by atoms with Gasteiger partial charge in [0.15, 0.2) is 0 Å². The van der Waals surface area contributed by atoms with Crippen molar-refractivity contribution >= 4 is 28.7 Å². The standard InChI is InChI=1S/C15H17N3O2S/c19-15(13-4-2-8-21-13)18-11-5-6-14(16-9-11)17-10-12-3-1-7-20-12/h2,4-6,8-9,12H,1,3,7,10H2,(H,16,17)(H,18,19). The van der Waals surface area contributed by atoms with Gasteiger partial charge in [-0.05, 0) is 36.4 Å². The molecule has 0 aliphatic carbocycles. The molecule has 3 heterocycles. The zero-order valence-electron chi connectivity index (χ0n) is 11.5. The van der Waals surface area contributed by atoms with E-state index >= 15 is 0 Å². The Kier molecular flexibility index (Phi) is 4.47. The normalized spacial score (nSPS) is 17.6. The first kappa shape index (κ1) is 14.0. The lowest BCUT2D eigenvalue weighted by molar-refractivity contribution is 0.103. The fourth-order valence-corrected chi connectivity index (χ4v) is 2.82. The molecule has 2 aromatic heterocycles. The van der Waals surface area contributed by atoms with Gasteiger partial charge >= 0.3 is 0 Å². The van der Waals surface area contributed by atoms with Gasteiger partial charge in [0.2, 0.25) is 0 Å². The summed E-state index contributed by atoms with van der Waals surface area (Å²) in [5.74, 6) is 0.687. The van der Waals surface area contributed by atoms with E-state index in [2.05, 4.69) is 15.6 Å². The van der Waals surface area contributed by atoms with Crippen LogP contribution in [-0.4, -0.2) is 30.1 Å². The Balaban J connectivity index is 1.52. The van der Waals surface area contributed by atoms with Crippen LogP contribution in [0.5, 0.6) is 0 Å². The third-order valence-electron chi connectivity index (χ3n) is 3.30. The summed E-state index contributed by atoms with van der Waals surface area (Å²) >= 11 is 1.42. The quantitative estimate of drug-likeness (QED) is 0.891. The van der Waals surface area contributed by atoms with E-state index in [9.17, 15) is 4.79 Å². The van der Waals surface area contributed by atoms with E-state index in [4.69, 9.17) is 4.74 Å². The summed E-state index contributed by atoms with van der Waals surface area (Å²) in [5.41, 5.74) is 0.691. The van der Waals surface area contributed by atoms with Crippen LogP contribution in [0.2, 0.25) is 0 Å². The van der Waals surface area contributed by atoms with Crippen LogP contribution in [0.3, 0.4) is 0 Å². The number of hydrogen-bond acceptors (Lipinski definition) is 5. The molecule has 1 fully saturated rings. The number of carbonyl (C=O) groups is 1. The monoisotopic (exact) mass is 303 g/mol. The molecule has 6 heteroatoms. The van der Waals surface area contributed by atoms with Crippen LogP contribution in [0.4, 0.5) is 11.5 Å². The average Bonchev–Trinajstić information content (AvgIpc) is 3.20. The summed E-state index contributed by atoms with van der Waals surface area (Å²) in [6.07, 6.45) is 4.17. The van der Waals surface area contributed by atoms with E-state index in [0.29, 0.717) is 10.6 Å². The minimum Gasteiger partial charge on any atom is -0.376 e. The Bertz CT molecular complexity index is 577. The molecule has 0 bridgehead atoms. The maximum Gasteiger partial charge on any atom is 0.265 e. The van der Waals surface area contributed by atoms with Crippen molar-refractivity contribution in [2.75, 3.05) is 23.8 Å². The summed E-state index contributed by atoms with van der Waals surface area (Å²) in [6, 6.07) is 7.36. The summed E-state index contributed by atoms with van der Waals surface area (Å²) in [5, 5.41) is 7.95. The molecule has 1 atom stereocenters. The van der Waals surface area contributed by atoms with Crippen molar-refractivity contribution in [2.24, 2.45) is 0 Å². The van der Waals surface area contributed by atoms with E-state index < -0.39 is 0 Å². The maximum atomic E-state index is 11.9. The van der Waals surface area contributed by atoms with Crippen LogP contribution in [-0.2, 0) is 4.74 Å². The molecule has 0 aromatic carbocycles. The van der Waals surface area contributed by atoms with Crippen LogP contribution in [0, 0.1) is 0 Å². The third-order valence-corrected chi connectivity index (χ3v) is 4.17. The SMILES string of the molecule is O=C(Nc1ccc(NCC2CCCO2)nc1)c1cccs1. The summed E-state index contributed by atoms with van der Waals surface area (Å²) < 4.78 is 5.55. The minimum absolute atomic E-state index is 0.105. The van der Waals surface area contributed by atoms with Gasteiger partial charge in [0.05, 0.1) is 22.9 Å². The number of anilines is 2. The van der Waals surface area contributed by atoms with Crippen molar-refractivity contribution < 1.29 is 9.53 Å². The first-order chi connectivity index (χ1) is 10.3. The number of amides is 1. The average molecular weight is 303 g/mol. The molecule has 1 aliphatic rings. The lowest BCUT2D eigenvalue weighted by Crippen LogP contribution is -2.19. The Labute approximate surface area is 127 Å². The molecule has 3 rings (SSSR count). The first-order valence-electron chi connectivity index (χ1n) is 6.97. The van der Waals surface area contributed by atoms with Gasteiger partial charge in [-0.25, -0.2) is 4.98 Å². The van der Waals surface area contributed by atoms with Gasteiger partial charge < -0.3 is 15.4 Å². The van der Waals surface area contributed by atoms with Crippen LogP contribution >= 0.6 is 11.3 Å². The summed E-state index contributed by atoms with van der Waals surface area (Å²) in [7, 11) is 0. The predicted molar refractivity (Wildman–Crippen MR) is 84.0 cm³/mol. The Morgan fingerprint density at radius 1 is 1.43 bits per heavy atom. The lowest BCUT2D eigenvalue weighted by atomic mass is 10.2. The van der Waals surface area contributed by atoms with Crippen molar-refractivity contribution in [1.29, 1.82) is 0 Å². The van der Waals surface area contributed by atoms with Crippen LogP contribution in [0.1, 0.15) is 22.5 Å². The molecule has 1 saturated heterocycles. The van der Waals surface area contributed by atoms with Crippen molar-refractivity contribution in [1.82, 2.24) is 4.98 Å². The second-order valence-electron chi connectivity index (χ2n) is 4.88. The number of pyridine rings is 1. The second-order valence-corrected chi connectivity index (χ2v) is 5.83. The summed E-state index contributed by atoms with van der Waals surface area (Å²) in [6.45, 7) is 1.63. The smallest absolute Gasteiger partial charge is 0.265 e. The van der Waals surface area contributed by atoms with Gasteiger partial charge in [0, 0.05) is 13.2 Å². The fourth-order valence-electron chi connectivity index (χ4n) is 2.20. The highest BCUT2D eigenvalue weighted by Crippen LogP contribution is 2.16. The highest BCUT2D eigenvalue weighted by atomic mass is 32.1. The van der Waals surface area contributed by atoms with Gasteiger partial charge in [0.1, 0.15) is 5.82 Å². The van der Waals surface area contributed by atoms with E-state index in [1.807, 2.05) is 23.6 Å². The zero-order chi connectivity index (χ0) is 14.5. The van der Waals surface area contributed by atoms with E-state index in [-0.39, 0.29) is 12.0 Å². The van der Waals surface area contributed by atoms with Crippen LogP contribution in [0.25, 0.3) is 0 Å². The molecular formula is C15H17N3O2S. The Hall–Kier alpha value is -1.92. The molecule has 0 radical (unpaired) electrons. The maximum absolute atomic E-state index is 11.9. The number of aromatic nitrogens is 1. The Morgan fingerprint density at radius 3 is 3.05 bits per heavy atom. The number of nitrogens with one attached hydrogen (secondary N) is 2. The summed E-state index contributed by atoms with van der Waals surface area (Å²) in [4.78, 5) is 16.9. The molecule has 110 valence electrons. The van der Waals surface area contributed by atoms with Crippen molar-refractivity contribution in [3.63, 3.8) is 0 Å². The first-order valence-corrected chi connectivity index (χ1v) is 7.85. The molecule has 0 saturated carbocycles. The number of rotatable bonds is 5. The fraction of sp³-hybridized carbons (Fsp3) is 0.333. The number of ether oxygens (including phenoxy) is 1. The van der Waals surface area contributed by atoms with Gasteiger partial charge in [-0.3, -0.25) is 4.79 Å². The molecule has 5 nitrogen and oxygen atoms in total. The van der Waals surface area contributed by atoms with Crippen molar-refractivity contribution in [3.8, 4) is 0 Å².